The zero-order valence-electron chi connectivity index (χ0n) is 14.7. The molecule has 0 saturated carbocycles. The van der Waals surface area contributed by atoms with Crippen molar-refractivity contribution in [1.82, 2.24) is 9.88 Å². The molecule has 1 aromatic carbocycles. The molecule has 1 heterocycles. The van der Waals surface area contributed by atoms with Crippen molar-refractivity contribution in [2.24, 2.45) is 0 Å². The molecule has 120 valence electrons. The maximum atomic E-state index is 3.97. The molecule has 0 aromatic heterocycles. The van der Waals surface area contributed by atoms with Crippen LogP contribution in [0.3, 0.4) is 0 Å². The lowest BCUT2D eigenvalue weighted by Gasteiger charge is -2.37. The normalized spacial score (nSPS) is 22.0. The van der Waals surface area contributed by atoms with Crippen molar-refractivity contribution in [2.75, 3.05) is 13.1 Å². The fourth-order valence-corrected chi connectivity index (χ4v) is 7.91. The molecule has 1 fully saturated rings. The maximum absolute atomic E-state index is 3.97. The first-order valence-corrected chi connectivity index (χ1v) is 11.7. The van der Waals surface area contributed by atoms with Gasteiger partial charge in [-0.2, -0.15) is 0 Å². The summed E-state index contributed by atoms with van der Waals surface area (Å²) in [4.78, 5) is 6.56. The lowest BCUT2D eigenvalue weighted by Crippen LogP contribution is -2.57. The number of nitrogens with zero attached hydrogens (tertiary/aromatic N) is 1. The van der Waals surface area contributed by atoms with E-state index in [1.54, 1.807) is 0 Å². The molecular weight excluding hydrogens is 284 g/mol. The predicted molar refractivity (Wildman–Crippen MR) is 98.3 cm³/mol. The summed E-state index contributed by atoms with van der Waals surface area (Å²) in [7, 11) is -1.60. The third-order valence-electron chi connectivity index (χ3n) is 4.82. The zero-order chi connectivity index (χ0) is 16.0. The van der Waals surface area contributed by atoms with E-state index >= 15 is 0 Å². The Hall–Kier alpha value is -1.06. The van der Waals surface area contributed by atoms with Crippen molar-refractivity contribution >= 4 is 13.9 Å². The van der Waals surface area contributed by atoms with Crippen LogP contribution in [0.1, 0.15) is 50.3 Å². The van der Waals surface area contributed by atoms with Gasteiger partial charge in [0.2, 0.25) is 0 Å². The fourth-order valence-electron chi connectivity index (χ4n) is 4.21. The van der Waals surface area contributed by atoms with E-state index in [1.807, 2.05) is 0 Å². The lowest BCUT2D eigenvalue weighted by molar-refractivity contribution is 0.493. The highest BCUT2D eigenvalue weighted by molar-refractivity contribution is 6.77. The molecule has 2 nitrogen and oxygen atoms in total. The quantitative estimate of drug-likeness (QED) is 0.834. The number of allylic oxidation sites excluding steroid dienone is 1. The third kappa shape index (κ3) is 3.02. The van der Waals surface area contributed by atoms with E-state index in [-0.39, 0.29) is 5.54 Å². The summed E-state index contributed by atoms with van der Waals surface area (Å²) in [5.74, 6) is 0. The van der Waals surface area contributed by atoms with E-state index in [0.29, 0.717) is 5.54 Å². The fraction of sp³-hybridized carbons (Fsp3) is 0.579. The average Bonchev–Trinajstić information content (AvgIpc) is 3.02. The Balaban J connectivity index is 1.97. The molecule has 0 bridgehead atoms. The topological polar surface area (TPSA) is 15.3 Å². The van der Waals surface area contributed by atoms with E-state index in [2.05, 4.69) is 74.1 Å². The number of rotatable bonds is 3. The molecule has 1 aromatic rings. The summed E-state index contributed by atoms with van der Waals surface area (Å²) >= 11 is 0. The molecule has 0 radical (unpaired) electrons. The number of hydrogen-bond acceptors (Lipinski definition) is 2. The lowest BCUT2D eigenvalue weighted by atomic mass is 10.1. The maximum Gasteiger partial charge on any atom is 0.131 e. The molecule has 1 N–H and O–H groups in total. The molecule has 1 unspecified atom stereocenters. The number of nitrogens with one attached hydrogen (secondary N) is 1. The van der Waals surface area contributed by atoms with Crippen LogP contribution in [0, 0.1) is 0 Å². The van der Waals surface area contributed by atoms with Crippen molar-refractivity contribution < 1.29 is 0 Å². The average molecular weight is 315 g/mol. The highest BCUT2D eigenvalue weighted by Gasteiger charge is 2.40. The Kier molecular flexibility index (Phi) is 3.98. The molecule has 0 amide bonds. The van der Waals surface area contributed by atoms with Gasteiger partial charge in [-0.1, -0.05) is 43.4 Å². The van der Waals surface area contributed by atoms with Gasteiger partial charge in [-0.3, -0.25) is 0 Å². The van der Waals surface area contributed by atoms with Crippen LogP contribution in [0.25, 0.3) is 5.70 Å². The van der Waals surface area contributed by atoms with Crippen LogP contribution in [0.5, 0.6) is 0 Å². The van der Waals surface area contributed by atoms with Gasteiger partial charge in [0.15, 0.2) is 0 Å². The van der Waals surface area contributed by atoms with Crippen LogP contribution in [0.2, 0.25) is 13.1 Å². The van der Waals surface area contributed by atoms with Crippen molar-refractivity contribution in [3.8, 4) is 0 Å². The van der Waals surface area contributed by atoms with Gasteiger partial charge in [0, 0.05) is 35.4 Å². The number of fused-ring (bicyclic) bond motifs is 1. The van der Waals surface area contributed by atoms with Gasteiger partial charge >= 0.3 is 0 Å². The summed E-state index contributed by atoms with van der Waals surface area (Å²) in [6.45, 7) is 14.3. The minimum atomic E-state index is -1.60. The highest BCUT2D eigenvalue weighted by Crippen LogP contribution is 2.42. The second-order valence-electron chi connectivity index (χ2n) is 8.41. The van der Waals surface area contributed by atoms with Gasteiger partial charge in [-0.05, 0) is 39.2 Å². The van der Waals surface area contributed by atoms with Crippen molar-refractivity contribution in [1.29, 1.82) is 0 Å². The Morgan fingerprint density at radius 2 is 1.73 bits per heavy atom. The number of likely N-dealkylation sites (tertiary alicyclic amines) is 1. The van der Waals surface area contributed by atoms with Crippen molar-refractivity contribution in [3.05, 3.63) is 41.5 Å². The Bertz CT molecular complexity index is 577. The number of hydrogen-bond donors (Lipinski definition) is 1. The van der Waals surface area contributed by atoms with Crippen molar-refractivity contribution in [2.45, 2.75) is 57.8 Å². The first-order valence-electron chi connectivity index (χ1n) is 8.63. The zero-order valence-corrected chi connectivity index (χ0v) is 15.7. The van der Waals surface area contributed by atoms with Crippen LogP contribution >= 0.6 is 0 Å². The van der Waals surface area contributed by atoms with E-state index in [1.165, 1.54) is 42.8 Å². The van der Waals surface area contributed by atoms with Gasteiger partial charge in [-0.25, -0.2) is 0 Å². The minimum absolute atomic E-state index is 0.175. The molecule has 1 aliphatic heterocycles. The van der Waals surface area contributed by atoms with Crippen LogP contribution in [0.15, 0.2) is 30.3 Å². The summed E-state index contributed by atoms with van der Waals surface area (Å²) < 4.78 is 0. The second kappa shape index (κ2) is 5.54. The first kappa shape index (κ1) is 15.8. The Morgan fingerprint density at radius 1 is 1.09 bits per heavy atom. The minimum Gasteiger partial charge on any atom is -0.371 e. The Labute approximate surface area is 136 Å². The van der Waals surface area contributed by atoms with Gasteiger partial charge in [-0.15, -0.1) is 0 Å². The molecular formula is C19H30N2Si. The van der Waals surface area contributed by atoms with Crippen LogP contribution in [-0.2, 0) is 0 Å². The van der Waals surface area contributed by atoms with Gasteiger partial charge in [0.25, 0.3) is 0 Å². The summed E-state index contributed by atoms with van der Waals surface area (Å²) in [5.41, 5.74) is 5.26. The van der Waals surface area contributed by atoms with Gasteiger partial charge < -0.3 is 9.88 Å². The molecule has 3 heteroatoms. The first-order chi connectivity index (χ1) is 10.3. The van der Waals surface area contributed by atoms with Gasteiger partial charge in [0.1, 0.15) is 8.24 Å². The van der Waals surface area contributed by atoms with E-state index in [9.17, 15) is 0 Å². The van der Waals surface area contributed by atoms with Crippen LogP contribution in [0.4, 0.5) is 0 Å². The van der Waals surface area contributed by atoms with E-state index in [0.717, 1.165) is 0 Å². The predicted octanol–water partition coefficient (Wildman–Crippen LogP) is 4.35. The molecule has 1 saturated heterocycles. The smallest absolute Gasteiger partial charge is 0.131 e. The molecule has 0 spiro atoms. The molecule has 3 rings (SSSR count). The summed E-state index contributed by atoms with van der Waals surface area (Å²) in [6, 6.07) is 9.06. The summed E-state index contributed by atoms with van der Waals surface area (Å²) in [6.07, 6.45) is 5.25. The third-order valence-corrected chi connectivity index (χ3v) is 8.24. The van der Waals surface area contributed by atoms with Crippen molar-refractivity contribution in [3.63, 3.8) is 0 Å². The molecule has 1 aliphatic carbocycles. The molecule has 1 atom stereocenters. The number of benzene rings is 1. The monoisotopic (exact) mass is 314 g/mol. The SMILES string of the molecule is CC(C)(C)N[Si](C)(C)C1C=C(N2CCCC2)c2ccccc21. The van der Waals surface area contributed by atoms with Crippen LogP contribution in [-0.4, -0.2) is 31.8 Å². The highest BCUT2D eigenvalue weighted by atomic mass is 28.3. The van der Waals surface area contributed by atoms with Gasteiger partial charge in [0.05, 0.1) is 0 Å². The van der Waals surface area contributed by atoms with E-state index in [4.69, 9.17) is 0 Å². The van der Waals surface area contributed by atoms with Crippen LogP contribution < -0.4 is 4.98 Å². The molecule has 22 heavy (non-hydrogen) atoms. The second-order valence-corrected chi connectivity index (χ2v) is 12.7. The Morgan fingerprint density at radius 3 is 2.36 bits per heavy atom. The molecule has 2 aliphatic rings. The summed E-state index contributed by atoms with van der Waals surface area (Å²) in [5, 5.41) is 0. The largest absolute Gasteiger partial charge is 0.371 e. The van der Waals surface area contributed by atoms with E-state index < -0.39 is 8.24 Å². The standard InChI is InChI=1S/C19H30N2Si/c1-19(2,3)20-22(4,5)18-14-17(21-12-8-9-13-21)15-10-6-7-11-16(15)18/h6-7,10-11,14,18,20H,8-9,12-13H2,1-5H3.